The van der Waals surface area contributed by atoms with E-state index < -0.39 is 11.8 Å². The number of nitrogens with one attached hydrogen (secondary N) is 2. The van der Waals surface area contributed by atoms with Crippen molar-refractivity contribution in [1.29, 1.82) is 0 Å². The zero-order valence-corrected chi connectivity index (χ0v) is 17.9. The van der Waals surface area contributed by atoms with Gasteiger partial charge in [-0.25, -0.2) is 0 Å². The lowest BCUT2D eigenvalue weighted by atomic mass is 10.2. The lowest BCUT2D eigenvalue weighted by Gasteiger charge is -2.14. The predicted octanol–water partition coefficient (Wildman–Crippen LogP) is 3.74. The zero-order valence-electron chi connectivity index (χ0n) is 15.5. The van der Waals surface area contributed by atoms with Gasteiger partial charge in [0, 0.05) is 10.6 Å². The number of hydrazine groups is 1. The number of carbonyl (C=O) groups is 2. The van der Waals surface area contributed by atoms with E-state index in [-0.39, 0.29) is 12.7 Å². The Morgan fingerprint density at radius 2 is 1.79 bits per heavy atom. The van der Waals surface area contributed by atoms with Crippen molar-refractivity contribution in [2.75, 3.05) is 13.7 Å². The van der Waals surface area contributed by atoms with Crippen LogP contribution in [0.5, 0.6) is 17.2 Å². The Labute approximate surface area is 176 Å². The normalized spacial score (nSPS) is 10.4. The van der Waals surface area contributed by atoms with E-state index in [0.29, 0.717) is 32.3 Å². The third kappa shape index (κ3) is 6.31. The van der Waals surface area contributed by atoms with Crippen molar-refractivity contribution >= 4 is 39.3 Å². The Bertz CT molecular complexity index is 860. The van der Waals surface area contributed by atoms with Gasteiger partial charge in [-0.1, -0.05) is 11.6 Å². The summed E-state index contributed by atoms with van der Waals surface area (Å²) in [5.74, 6) is 0.373. The fraction of sp³-hybridized carbons (Fsp3) is 0.263. The monoisotopic (exact) mass is 470 g/mol. The van der Waals surface area contributed by atoms with E-state index in [9.17, 15) is 9.59 Å². The molecule has 0 bridgehead atoms. The van der Waals surface area contributed by atoms with E-state index in [2.05, 4.69) is 26.8 Å². The molecule has 28 heavy (non-hydrogen) atoms. The molecule has 0 unspecified atom stereocenters. The Morgan fingerprint density at radius 3 is 2.43 bits per heavy atom. The first kappa shape index (κ1) is 21.8. The van der Waals surface area contributed by atoms with Crippen molar-refractivity contribution in [1.82, 2.24) is 10.9 Å². The van der Waals surface area contributed by atoms with Crippen molar-refractivity contribution in [3.63, 3.8) is 0 Å². The number of carbonyl (C=O) groups excluding carboxylic acids is 2. The minimum Gasteiger partial charge on any atom is -0.493 e. The number of ether oxygens (including phenoxy) is 3. The number of amides is 2. The Morgan fingerprint density at radius 1 is 1.07 bits per heavy atom. The lowest BCUT2D eigenvalue weighted by Crippen LogP contribution is -2.43. The molecule has 0 aliphatic heterocycles. The Balaban J connectivity index is 1.89. The lowest BCUT2D eigenvalue weighted by molar-refractivity contribution is -0.123. The van der Waals surface area contributed by atoms with Gasteiger partial charge in [0.25, 0.3) is 11.8 Å². The molecule has 0 aliphatic rings. The van der Waals surface area contributed by atoms with E-state index in [1.54, 1.807) is 30.3 Å². The number of rotatable bonds is 7. The van der Waals surface area contributed by atoms with Crippen LogP contribution in [0, 0.1) is 0 Å². The van der Waals surface area contributed by atoms with Crippen molar-refractivity contribution < 1.29 is 23.8 Å². The second-order valence-corrected chi connectivity index (χ2v) is 7.19. The molecular weight excluding hydrogens is 452 g/mol. The third-order valence-corrected chi connectivity index (χ3v) is 4.21. The van der Waals surface area contributed by atoms with Crippen molar-refractivity contribution in [3.8, 4) is 17.2 Å². The molecule has 0 heterocycles. The summed E-state index contributed by atoms with van der Waals surface area (Å²) in [4.78, 5) is 24.1. The average molecular weight is 472 g/mol. The van der Waals surface area contributed by atoms with E-state index in [1.165, 1.54) is 13.2 Å². The predicted molar refractivity (Wildman–Crippen MR) is 109 cm³/mol. The van der Waals surface area contributed by atoms with E-state index in [4.69, 9.17) is 25.8 Å². The molecule has 9 heteroatoms. The summed E-state index contributed by atoms with van der Waals surface area (Å²) in [7, 11) is 1.48. The summed E-state index contributed by atoms with van der Waals surface area (Å²) in [6, 6.07) is 9.66. The van der Waals surface area contributed by atoms with Gasteiger partial charge in [0.05, 0.1) is 17.7 Å². The van der Waals surface area contributed by atoms with Crippen LogP contribution >= 0.6 is 27.5 Å². The Kier molecular flexibility index (Phi) is 7.95. The highest BCUT2D eigenvalue weighted by molar-refractivity contribution is 9.10. The van der Waals surface area contributed by atoms with Crippen LogP contribution in [0.15, 0.2) is 40.9 Å². The molecule has 2 N–H and O–H groups in total. The molecule has 0 atom stereocenters. The van der Waals surface area contributed by atoms with Gasteiger partial charge >= 0.3 is 0 Å². The van der Waals surface area contributed by atoms with Gasteiger partial charge in [-0.3, -0.25) is 20.4 Å². The van der Waals surface area contributed by atoms with Gasteiger partial charge in [-0.05, 0) is 66.2 Å². The molecule has 0 saturated carbocycles. The molecule has 2 aromatic rings. The largest absolute Gasteiger partial charge is 0.493 e. The highest BCUT2D eigenvalue weighted by atomic mass is 79.9. The Hall–Kier alpha value is -2.45. The van der Waals surface area contributed by atoms with Crippen LogP contribution in [0.1, 0.15) is 24.2 Å². The molecule has 0 aliphatic carbocycles. The standard InChI is InChI=1S/C19H20BrClN2O5/c1-11(2)28-16-6-4-12(8-17(16)26-3)19(25)23-22-18(24)10-27-15-7-5-13(21)9-14(15)20/h4-9,11H,10H2,1-3H3,(H,22,24)(H,23,25). The summed E-state index contributed by atoms with van der Waals surface area (Å²) < 4.78 is 16.8. The molecule has 0 saturated heterocycles. The quantitative estimate of drug-likeness (QED) is 0.601. The summed E-state index contributed by atoms with van der Waals surface area (Å²) in [6.45, 7) is 3.49. The van der Waals surface area contributed by atoms with Crippen molar-refractivity contribution in [2.24, 2.45) is 0 Å². The van der Waals surface area contributed by atoms with Crippen LogP contribution in [-0.2, 0) is 4.79 Å². The summed E-state index contributed by atoms with van der Waals surface area (Å²) in [6.07, 6.45) is -0.0338. The molecule has 2 rings (SSSR count). The molecule has 2 amide bonds. The maximum atomic E-state index is 12.2. The van der Waals surface area contributed by atoms with E-state index in [0.717, 1.165) is 0 Å². The fourth-order valence-electron chi connectivity index (χ4n) is 2.13. The molecule has 0 fully saturated rings. The molecule has 7 nitrogen and oxygen atoms in total. The maximum Gasteiger partial charge on any atom is 0.276 e. The van der Waals surface area contributed by atoms with Crippen molar-refractivity contribution in [2.45, 2.75) is 20.0 Å². The first-order chi connectivity index (χ1) is 13.3. The van der Waals surface area contributed by atoms with Gasteiger partial charge in [0.15, 0.2) is 18.1 Å². The minimum absolute atomic E-state index is 0.0338. The first-order valence-electron chi connectivity index (χ1n) is 8.32. The number of hydrogen-bond acceptors (Lipinski definition) is 5. The number of methoxy groups -OCH3 is 1. The van der Waals surface area contributed by atoms with Crippen molar-refractivity contribution in [3.05, 3.63) is 51.5 Å². The topological polar surface area (TPSA) is 85.9 Å². The molecule has 0 radical (unpaired) electrons. The van der Waals surface area contributed by atoms with Gasteiger partial charge in [0.1, 0.15) is 5.75 Å². The number of halogens is 2. The van der Waals surface area contributed by atoms with Crippen LogP contribution in [0.4, 0.5) is 0 Å². The number of hydrogen-bond donors (Lipinski definition) is 2. The smallest absolute Gasteiger partial charge is 0.276 e. The first-order valence-corrected chi connectivity index (χ1v) is 9.49. The van der Waals surface area contributed by atoms with Gasteiger partial charge < -0.3 is 14.2 Å². The SMILES string of the molecule is COc1cc(C(=O)NNC(=O)COc2ccc(Cl)cc2Br)ccc1OC(C)C. The van der Waals surface area contributed by atoms with Gasteiger partial charge in [0.2, 0.25) is 0 Å². The van der Waals surface area contributed by atoms with Gasteiger partial charge in [-0.15, -0.1) is 0 Å². The van der Waals surface area contributed by atoms with Crippen LogP contribution in [-0.4, -0.2) is 31.6 Å². The molecule has 0 spiro atoms. The fourth-order valence-corrected chi connectivity index (χ4v) is 2.93. The summed E-state index contributed by atoms with van der Waals surface area (Å²) in [5.41, 5.74) is 4.91. The molecule has 0 aromatic heterocycles. The summed E-state index contributed by atoms with van der Waals surface area (Å²) >= 11 is 9.14. The van der Waals surface area contributed by atoms with Gasteiger partial charge in [-0.2, -0.15) is 0 Å². The average Bonchev–Trinajstić information content (AvgIpc) is 2.65. The highest BCUT2D eigenvalue weighted by Crippen LogP contribution is 2.29. The molecular formula is C19H20BrClN2O5. The minimum atomic E-state index is -0.526. The van der Waals surface area contributed by atoms with Crippen LogP contribution < -0.4 is 25.1 Å². The molecule has 2 aromatic carbocycles. The third-order valence-electron chi connectivity index (χ3n) is 3.36. The van der Waals surface area contributed by atoms with E-state index >= 15 is 0 Å². The van der Waals surface area contributed by atoms with Crippen LogP contribution in [0.3, 0.4) is 0 Å². The van der Waals surface area contributed by atoms with E-state index in [1.807, 2.05) is 13.8 Å². The maximum absolute atomic E-state index is 12.2. The highest BCUT2D eigenvalue weighted by Gasteiger charge is 2.13. The second-order valence-electron chi connectivity index (χ2n) is 5.90. The molecule has 150 valence electrons. The van der Waals surface area contributed by atoms with Crippen LogP contribution in [0.2, 0.25) is 5.02 Å². The summed E-state index contributed by atoms with van der Waals surface area (Å²) in [5, 5.41) is 0.538. The number of benzene rings is 2. The second kappa shape index (κ2) is 10.2. The zero-order chi connectivity index (χ0) is 20.7. The van der Waals surface area contributed by atoms with Crippen LogP contribution in [0.25, 0.3) is 0 Å².